The molecule has 0 unspecified atom stereocenters. The topological polar surface area (TPSA) is 41.1 Å². The van der Waals surface area contributed by atoms with Crippen LogP contribution in [0.15, 0.2) is 54.6 Å². The number of anilines is 1. The highest BCUT2D eigenvalue weighted by molar-refractivity contribution is 6.15. The predicted octanol–water partition coefficient (Wildman–Crippen LogP) is 3.68. The molecule has 1 aliphatic heterocycles. The van der Waals surface area contributed by atoms with E-state index in [0.29, 0.717) is 0 Å². The molecule has 3 aromatic carbocycles. The van der Waals surface area contributed by atoms with E-state index in [1.807, 2.05) is 24.3 Å². The molecule has 0 bridgehead atoms. The molecule has 1 fully saturated rings. The number of rotatable bonds is 2. The molecule has 0 saturated carbocycles. The SMILES string of the molecule is O=C(Nc1c2ccccc2cc2ccccc12)[C@H]1CCCN1. The lowest BCUT2D eigenvalue weighted by atomic mass is 10.0. The van der Waals surface area contributed by atoms with E-state index in [1.54, 1.807) is 0 Å². The number of carbonyl (C=O) groups excluding carboxylic acids is 1. The van der Waals surface area contributed by atoms with Crippen molar-refractivity contribution in [2.75, 3.05) is 11.9 Å². The standard InChI is InChI=1S/C19H18N2O/c22-19(17-10-5-11-20-17)21-18-15-8-3-1-6-13(15)12-14-7-2-4-9-16(14)18/h1-4,6-9,12,17,20H,5,10-11H2,(H,21,22)/t17-/m1/s1. The van der Waals surface area contributed by atoms with E-state index in [4.69, 9.17) is 0 Å². The summed E-state index contributed by atoms with van der Waals surface area (Å²) < 4.78 is 0. The highest BCUT2D eigenvalue weighted by Crippen LogP contribution is 2.33. The number of amides is 1. The lowest BCUT2D eigenvalue weighted by Gasteiger charge is -2.15. The van der Waals surface area contributed by atoms with Crippen molar-refractivity contribution in [3.8, 4) is 0 Å². The summed E-state index contributed by atoms with van der Waals surface area (Å²) in [5, 5.41) is 10.9. The fourth-order valence-electron chi connectivity index (χ4n) is 3.27. The fourth-order valence-corrected chi connectivity index (χ4v) is 3.27. The molecule has 0 aromatic heterocycles. The summed E-state index contributed by atoms with van der Waals surface area (Å²) in [6, 6.07) is 18.5. The number of nitrogens with one attached hydrogen (secondary N) is 2. The molecule has 1 heterocycles. The van der Waals surface area contributed by atoms with Crippen LogP contribution < -0.4 is 10.6 Å². The van der Waals surface area contributed by atoms with Crippen LogP contribution in [-0.2, 0) is 4.79 Å². The zero-order valence-corrected chi connectivity index (χ0v) is 12.3. The predicted molar refractivity (Wildman–Crippen MR) is 91.1 cm³/mol. The Kier molecular flexibility index (Phi) is 3.28. The molecule has 1 amide bonds. The van der Waals surface area contributed by atoms with E-state index < -0.39 is 0 Å². The minimum atomic E-state index is -0.0715. The third-order valence-corrected chi connectivity index (χ3v) is 4.40. The van der Waals surface area contributed by atoms with E-state index in [-0.39, 0.29) is 11.9 Å². The molecule has 0 aliphatic carbocycles. The zero-order valence-electron chi connectivity index (χ0n) is 12.3. The van der Waals surface area contributed by atoms with Gasteiger partial charge < -0.3 is 10.6 Å². The van der Waals surface area contributed by atoms with Gasteiger partial charge in [-0.05, 0) is 36.2 Å². The molecule has 22 heavy (non-hydrogen) atoms. The largest absolute Gasteiger partial charge is 0.324 e. The number of hydrogen-bond acceptors (Lipinski definition) is 2. The highest BCUT2D eigenvalue weighted by atomic mass is 16.2. The fraction of sp³-hybridized carbons (Fsp3) is 0.211. The molecular weight excluding hydrogens is 272 g/mol. The molecule has 3 heteroatoms. The van der Waals surface area contributed by atoms with Gasteiger partial charge in [0.15, 0.2) is 0 Å². The Morgan fingerprint density at radius 2 is 1.64 bits per heavy atom. The molecule has 3 nitrogen and oxygen atoms in total. The first kappa shape index (κ1) is 13.3. The van der Waals surface area contributed by atoms with Gasteiger partial charge in [0, 0.05) is 10.8 Å². The summed E-state index contributed by atoms with van der Waals surface area (Å²) in [7, 11) is 0. The van der Waals surface area contributed by atoms with Crippen molar-refractivity contribution >= 4 is 33.1 Å². The van der Waals surface area contributed by atoms with Crippen LogP contribution in [0.5, 0.6) is 0 Å². The van der Waals surface area contributed by atoms with Crippen LogP contribution in [-0.4, -0.2) is 18.5 Å². The molecule has 1 atom stereocenters. The number of hydrogen-bond donors (Lipinski definition) is 2. The average molecular weight is 290 g/mol. The molecule has 0 spiro atoms. The lowest BCUT2D eigenvalue weighted by Crippen LogP contribution is -2.35. The maximum Gasteiger partial charge on any atom is 0.241 e. The van der Waals surface area contributed by atoms with Crippen molar-refractivity contribution in [1.82, 2.24) is 5.32 Å². The summed E-state index contributed by atoms with van der Waals surface area (Å²) in [6.45, 7) is 0.925. The summed E-state index contributed by atoms with van der Waals surface area (Å²) in [4.78, 5) is 12.5. The smallest absolute Gasteiger partial charge is 0.241 e. The quantitative estimate of drug-likeness (QED) is 0.707. The molecule has 0 radical (unpaired) electrons. The Hall–Kier alpha value is -2.39. The van der Waals surface area contributed by atoms with Crippen LogP contribution in [0.4, 0.5) is 5.69 Å². The van der Waals surface area contributed by atoms with Gasteiger partial charge in [-0.2, -0.15) is 0 Å². The number of fused-ring (bicyclic) bond motifs is 2. The van der Waals surface area contributed by atoms with Gasteiger partial charge in [-0.1, -0.05) is 48.5 Å². The summed E-state index contributed by atoms with van der Waals surface area (Å²) in [5.41, 5.74) is 0.924. The molecule has 4 rings (SSSR count). The van der Waals surface area contributed by atoms with Crippen molar-refractivity contribution in [2.24, 2.45) is 0 Å². The third-order valence-electron chi connectivity index (χ3n) is 4.40. The Bertz CT molecular complexity index is 796. The molecule has 1 aliphatic rings. The molecule has 1 saturated heterocycles. The van der Waals surface area contributed by atoms with Crippen LogP contribution in [0.25, 0.3) is 21.5 Å². The van der Waals surface area contributed by atoms with Gasteiger partial charge in [-0.15, -0.1) is 0 Å². The minimum absolute atomic E-state index is 0.0685. The van der Waals surface area contributed by atoms with Crippen LogP contribution in [0.3, 0.4) is 0 Å². The molecular formula is C19H18N2O. The third kappa shape index (κ3) is 2.24. The Morgan fingerprint density at radius 1 is 1.00 bits per heavy atom. The second-order valence-electron chi connectivity index (χ2n) is 5.83. The first-order valence-electron chi connectivity index (χ1n) is 7.78. The van der Waals surface area contributed by atoms with Gasteiger partial charge in [0.1, 0.15) is 0 Å². The van der Waals surface area contributed by atoms with Crippen LogP contribution in [0.1, 0.15) is 12.8 Å². The van der Waals surface area contributed by atoms with E-state index in [2.05, 4.69) is 41.0 Å². The second kappa shape index (κ2) is 5.43. The maximum atomic E-state index is 12.5. The van der Waals surface area contributed by atoms with E-state index >= 15 is 0 Å². The van der Waals surface area contributed by atoms with Crippen molar-refractivity contribution < 1.29 is 4.79 Å². The van der Waals surface area contributed by atoms with Gasteiger partial charge in [-0.25, -0.2) is 0 Å². The number of carbonyl (C=O) groups is 1. The second-order valence-corrected chi connectivity index (χ2v) is 5.83. The van der Waals surface area contributed by atoms with Crippen LogP contribution >= 0.6 is 0 Å². The van der Waals surface area contributed by atoms with E-state index in [0.717, 1.165) is 46.6 Å². The van der Waals surface area contributed by atoms with Gasteiger partial charge in [-0.3, -0.25) is 4.79 Å². The van der Waals surface area contributed by atoms with Crippen molar-refractivity contribution in [3.63, 3.8) is 0 Å². The van der Waals surface area contributed by atoms with Crippen molar-refractivity contribution in [3.05, 3.63) is 54.6 Å². The first-order chi connectivity index (χ1) is 10.8. The zero-order chi connectivity index (χ0) is 14.9. The van der Waals surface area contributed by atoms with Crippen molar-refractivity contribution in [2.45, 2.75) is 18.9 Å². The molecule has 3 aromatic rings. The molecule has 110 valence electrons. The van der Waals surface area contributed by atoms with Crippen LogP contribution in [0.2, 0.25) is 0 Å². The highest BCUT2D eigenvalue weighted by Gasteiger charge is 2.23. The normalized spacial score (nSPS) is 17.9. The van der Waals surface area contributed by atoms with E-state index in [9.17, 15) is 4.79 Å². The average Bonchev–Trinajstić information content (AvgIpc) is 3.09. The number of benzene rings is 3. The van der Waals surface area contributed by atoms with Gasteiger partial charge >= 0.3 is 0 Å². The summed E-state index contributed by atoms with van der Waals surface area (Å²) >= 11 is 0. The monoisotopic (exact) mass is 290 g/mol. The Labute approximate surface area is 129 Å². The first-order valence-corrected chi connectivity index (χ1v) is 7.78. The Morgan fingerprint density at radius 3 is 2.23 bits per heavy atom. The Balaban J connectivity index is 1.86. The van der Waals surface area contributed by atoms with Gasteiger partial charge in [0.25, 0.3) is 0 Å². The van der Waals surface area contributed by atoms with Gasteiger partial charge in [0.2, 0.25) is 5.91 Å². The van der Waals surface area contributed by atoms with Crippen LogP contribution in [0, 0.1) is 0 Å². The minimum Gasteiger partial charge on any atom is -0.324 e. The maximum absolute atomic E-state index is 12.5. The molecule has 2 N–H and O–H groups in total. The summed E-state index contributed by atoms with van der Waals surface area (Å²) in [6.07, 6.45) is 1.98. The summed E-state index contributed by atoms with van der Waals surface area (Å²) in [5.74, 6) is 0.0685. The van der Waals surface area contributed by atoms with Gasteiger partial charge in [0.05, 0.1) is 11.7 Å². The lowest BCUT2D eigenvalue weighted by molar-refractivity contribution is -0.117. The van der Waals surface area contributed by atoms with E-state index in [1.165, 1.54) is 0 Å². The van der Waals surface area contributed by atoms with Crippen molar-refractivity contribution in [1.29, 1.82) is 0 Å².